The minimum atomic E-state index is -0.351. The summed E-state index contributed by atoms with van der Waals surface area (Å²) in [4.78, 5) is 11.9. The molecule has 0 fully saturated rings. The fourth-order valence-corrected chi connectivity index (χ4v) is 4.06. The van der Waals surface area contributed by atoms with E-state index in [9.17, 15) is 4.79 Å². The Labute approximate surface area is 217 Å². The molecule has 0 atom stereocenters. The van der Waals surface area contributed by atoms with Crippen molar-refractivity contribution >= 4 is 49.9 Å². The Hall–Kier alpha value is -2.84. The van der Waals surface area contributed by atoms with E-state index in [1.807, 2.05) is 39.5 Å². The highest BCUT2D eigenvalue weighted by atomic mass is 79.9. The lowest BCUT2D eigenvalue weighted by Crippen LogP contribution is -2.25. The van der Waals surface area contributed by atoms with E-state index < -0.39 is 0 Å². The van der Waals surface area contributed by atoms with Gasteiger partial charge in [-0.3, -0.25) is 5.41 Å². The molecule has 0 saturated carbocycles. The van der Waals surface area contributed by atoms with Gasteiger partial charge in [-0.2, -0.15) is 0 Å². The Morgan fingerprint density at radius 2 is 1.68 bits per heavy atom. The number of carbonyl (C=O) groups is 1. The summed E-state index contributed by atoms with van der Waals surface area (Å²) < 4.78 is 16.0. The van der Waals surface area contributed by atoms with Crippen molar-refractivity contribution < 1.29 is 14.3 Å². The van der Waals surface area contributed by atoms with E-state index in [1.54, 1.807) is 25.1 Å². The summed E-state index contributed by atoms with van der Waals surface area (Å²) >= 11 is 3.48. The van der Waals surface area contributed by atoms with Crippen LogP contribution in [0.15, 0.2) is 77.3 Å². The molecule has 34 heavy (non-hydrogen) atoms. The summed E-state index contributed by atoms with van der Waals surface area (Å²) in [6.45, 7) is 3.89. The SMILES string of the molecule is Br.CCOC(=O)c1cccc(OCCCn2c(=N)n(Cc3ccc(Br)cc3)c3ccccc32)c1. The van der Waals surface area contributed by atoms with Crippen LogP contribution in [0.25, 0.3) is 11.0 Å². The van der Waals surface area contributed by atoms with Crippen LogP contribution in [-0.2, 0) is 17.8 Å². The maximum Gasteiger partial charge on any atom is 0.338 e. The van der Waals surface area contributed by atoms with E-state index in [4.69, 9.17) is 14.9 Å². The minimum absolute atomic E-state index is 0. The van der Waals surface area contributed by atoms with Gasteiger partial charge >= 0.3 is 5.97 Å². The molecule has 0 unspecified atom stereocenters. The van der Waals surface area contributed by atoms with Crippen molar-refractivity contribution in [1.29, 1.82) is 5.41 Å². The van der Waals surface area contributed by atoms with E-state index in [0.29, 0.717) is 43.2 Å². The number of aromatic nitrogens is 2. The highest BCUT2D eigenvalue weighted by molar-refractivity contribution is 9.10. The predicted octanol–water partition coefficient (Wildman–Crippen LogP) is 5.96. The second-order valence-electron chi connectivity index (χ2n) is 7.63. The quantitative estimate of drug-likeness (QED) is 0.194. The van der Waals surface area contributed by atoms with Crippen molar-refractivity contribution in [3.05, 3.63) is 94.0 Å². The fourth-order valence-electron chi connectivity index (χ4n) is 3.79. The van der Waals surface area contributed by atoms with Crippen LogP contribution < -0.4 is 10.4 Å². The average Bonchev–Trinajstić information content (AvgIpc) is 3.09. The molecule has 0 saturated heterocycles. The molecule has 0 aliphatic heterocycles. The molecule has 178 valence electrons. The minimum Gasteiger partial charge on any atom is -0.494 e. The number of aryl methyl sites for hydroxylation is 1. The summed E-state index contributed by atoms with van der Waals surface area (Å²) in [7, 11) is 0. The zero-order valence-electron chi connectivity index (χ0n) is 18.9. The highest BCUT2D eigenvalue weighted by Crippen LogP contribution is 2.18. The Kier molecular flexibility index (Phi) is 9.12. The van der Waals surface area contributed by atoms with Gasteiger partial charge in [-0.05, 0) is 61.4 Å². The third kappa shape index (κ3) is 5.98. The van der Waals surface area contributed by atoms with Gasteiger partial charge in [0.25, 0.3) is 0 Å². The molecule has 1 N–H and O–H groups in total. The molecule has 0 aliphatic rings. The number of benzene rings is 3. The van der Waals surface area contributed by atoms with Gasteiger partial charge < -0.3 is 18.6 Å². The van der Waals surface area contributed by atoms with Crippen molar-refractivity contribution in [3.63, 3.8) is 0 Å². The van der Waals surface area contributed by atoms with Crippen molar-refractivity contribution in [2.75, 3.05) is 13.2 Å². The van der Waals surface area contributed by atoms with E-state index in [2.05, 4.69) is 40.2 Å². The number of nitrogens with zero attached hydrogens (tertiary/aromatic N) is 2. The van der Waals surface area contributed by atoms with Crippen LogP contribution in [0.5, 0.6) is 5.75 Å². The molecule has 6 nitrogen and oxygen atoms in total. The Morgan fingerprint density at radius 1 is 0.971 bits per heavy atom. The van der Waals surface area contributed by atoms with E-state index in [-0.39, 0.29) is 23.0 Å². The van der Waals surface area contributed by atoms with Gasteiger partial charge in [0.1, 0.15) is 5.75 Å². The van der Waals surface area contributed by atoms with Crippen LogP contribution in [0.2, 0.25) is 0 Å². The number of hydrogen-bond donors (Lipinski definition) is 1. The second kappa shape index (κ2) is 12.0. The summed E-state index contributed by atoms with van der Waals surface area (Å²) in [5, 5.41) is 8.81. The van der Waals surface area contributed by atoms with Gasteiger partial charge in [-0.25, -0.2) is 4.79 Å². The number of fused-ring (bicyclic) bond motifs is 1. The van der Waals surface area contributed by atoms with Crippen LogP contribution in [0.1, 0.15) is 29.3 Å². The maximum atomic E-state index is 11.9. The summed E-state index contributed by atoms with van der Waals surface area (Å²) in [6, 6.07) is 23.3. The van der Waals surface area contributed by atoms with Crippen LogP contribution in [-0.4, -0.2) is 28.3 Å². The molecule has 0 spiro atoms. The average molecular weight is 589 g/mol. The van der Waals surface area contributed by atoms with Gasteiger partial charge in [0.05, 0.1) is 36.4 Å². The number of nitrogens with one attached hydrogen (secondary N) is 1. The van der Waals surface area contributed by atoms with Crippen LogP contribution in [0.3, 0.4) is 0 Å². The van der Waals surface area contributed by atoms with E-state index in [1.165, 1.54) is 0 Å². The zero-order chi connectivity index (χ0) is 23.2. The van der Waals surface area contributed by atoms with E-state index in [0.717, 1.165) is 27.5 Å². The molecule has 0 radical (unpaired) electrons. The first-order valence-corrected chi connectivity index (χ1v) is 11.7. The Morgan fingerprint density at radius 3 is 2.38 bits per heavy atom. The first kappa shape index (κ1) is 25.8. The molecule has 0 amide bonds. The lowest BCUT2D eigenvalue weighted by Gasteiger charge is -2.09. The monoisotopic (exact) mass is 587 g/mol. The molecule has 8 heteroatoms. The number of hydrogen-bond acceptors (Lipinski definition) is 4. The van der Waals surface area contributed by atoms with Gasteiger partial charge in [0, 0.05) is 11.0 Å². The topological polar surface area (TPSA) is 69.2 Å². The summed E-state index contributed by atoms with van der Waals surface area (Å²) in [6.07, 6.45) is 0.729. The summed E-state index contributed by atoms with van der Waals surface area (Å²) in [5.41, 5.74) is 4.15. The Bertz CT molecular complexity index is 1310. The highest BCUT2D eigenvalue weighted by Gasteiger charge is 2.11. The van der Waals surface area contributed by atoms with Crippen LogP contribution in [0.4, 0.5) is 0 Å². The van der Waals surface area contributed by atoms with Gasteiger partial charge in [0.15, 0.2) is 0 Å². The van der Waals surface area contributed by atoms with Crippen molar-refractivity contribution in [2.24, 2.45) is 0 Å². The fraction of sp³-hybridized carbons (Fsp3) is 0.231. The molecule has 4 aromatic rings. The first-order chi connectivity index (χ1) is 16.1. The molecule has 4 rings (SSSR count). The third-order valence-corrected chi connectivity index (χ3v) is 5.90. The van der Waals surface area contributed by atoms with Gasteiger partial charge in [-0.15, -0.1) is 17.0 Å². The predicted molar refractivity (Wildman–Crippen MR) is 142 cm³/mol. The maximum absolute atomic E-state index is 11.9. The molecular weight excluding hydrogens is 562 g/mol. The number of halogens is 2. The zero-order valence-corrected chi connectivity index (χ0v) is 22.2. The summed E-state index contributed by atoms with van der Waals surface area (Å²) in [5.74, 6) is 0.283. The van der Waals surface area contributed by atoms with Crippen LogP contribution in [0, 0.1) is 5.41 Å². The normalized spacial score (nSPS) is 10.6. The third-order valence-electron chi connectivity index (χ3n) is 5.37. The van der Waals surface area contributed by atoms with Gasteiger partial charge in [0.2, 0.25) is 5.62 Å². The van der Waals surface area contributed by atoms with Crippen LogP contribution >= 0.6 is 32.9 Å². The first-order valence-electron chi connectivity index (χ1n) is 10.9. The molecule has 0 aliphatic carbocycles. The standard InChI is InChI=1S/C26H26BrN3O3.BrH/c1-2-32-25(31)20-7-5-8-22(17-20)33-16-6-15-29-23-9-3-4-10-24(23)30(26(29)28)18-19-11-13-21(27)14-12-19;/h3-5,7-14,17,28H,2,6,15-16,18H2,1H3;1H. The van der Waals surface area contributed by atoms with Gasteiger partial charge in [-0.1, -0.05) is 46.3 Å². The van der Waals surface area contributed by atoms with Crippen molar-refractivity contribution in [1.82, 2.24) is 9.13 Å². The smallest absolute Gasteiger partial charge is 0.338 e. The largest absolute Gasteiger partial charge is 0.494 e. The number of para-hydroxylation sites is 2. The number of esters is 1. The molecule has 1 aromatic heterocycles. The van der Waals surface area contributed by atoms with Crippen molar-refractivity contribution in [2.45, 2.75) is 26.4 Å². The van der Waals surface area contributed by atoms with Crippen molar-refractivity contribution in [3.8, 4) is 5.75 Å². The number of carbonyl (C=O) groups excluding carboxylic acids is 1. The molecular formula is C26H27Br2N3O3. The molecule has 0 bridgehead atoms. The number of ether oxygens (including phenoxy) is 2. The number of rotatable bonds is 9. The second-order valence-corrected chi connectivity index (χ2v) is 8.54. The molecule has 3 aromatic carbocycles. The molecule has 1 heterocycles. The van der Waals surface area contributed by atoms with E-state index >= 15 is 0 Å². The number of imidazole rings is 1. The lowest BCUT2D eigenvalue weighted by atomic mass is 10.2. The Balaban J connectivity index is 0.00000324. The lowest BCUT2D eigenvalue weighted by molar-refractivity contribution is 0.0526.